The van der Waals surface area contributed by atoms with Crippen LogP contribution in [0, 0.1) is 0 Å². The highest BCUT2D eigenvalue weighted by molar-refractivity contribution is 7.98. The molecule has 0 radical (unpaired) electrons. The van der Waals surface area contributed by atoms with Gasteiger partial charge in [-0.15, -0.1) is 10.2 Å². The molecule has 1 atom stereocenters. The number of thioether (sulfide) groups is 1. The molecule has 0 aliphatic carbocycles. The van der Waals surface area contributed by atoms with Crippen LogP contribution < -0.4 is 10.1 Å². The van der Waals surface area contributed by atoms with Gasteiger partial charge in [0, 0.05) is 16.8 Å². The number of hydrogen-bond acceptors (Lipinski definition) is 7. The summed E-state index contributed by atoms with van der Waals surface area (Å²) in [5.41, 5.74) is 1.56. The molecular weight excluding hydrogens is 441 g/mol. The molecule has 5 rings (SSSR count). The third-order valence-electron chi connectivity index (χ3n) is 4.88. The van der Waals surface area contributed by atoms with Crippen LogP contribution in [0.3, 0.4) is 0 Å². The van der Waals surface area contributed by atoms with Gasteiger partial charge in [0.05, 0.1) is 5.56 Å². The molecule has 10 heteroatoms. The van der Waals surface area contributed by atoms with Crippen molar-refractivity contribution < 1.29 is 22.3 Å². The van der Waals surface area contributed by atoms with E-state index in [9.17, 15) is 13.2 Å². The molecule has 0 spiro atoms. The number of benzene rings is 2. The summed E-state index contributed by atoms with van der Waals surface area (Å²) in [7, 11) is 0. The highest BCUT2D eigenvalue weighted by Crippen LogP contribution is 2.40. The van der Waals surface area contributed by atoms with Gasteiger partial charge in [-0.3, -0.25) is 0 Å². The van der Waals surface area contributed by atoms with E-state index >= 15 is 0 Å². The van der Waals surface area contributed by atoms with E-state index in [4.69, 9.17) is 9.15 Å². The summed E-state index contributed by atoms with van der Waals surface area (Å²) in [6.45, 7) is 0. The Morgan fingerprint density at radius 1 is 1.00 bits per heavy atom. The molecule has 6 nitrogen and oxygen atoms in total. The summed E-state index contributed by atoms with van der Waals surface area (Å²) in [6.07, 6.45) is -3.38. The SMILES string of the molecule is CSc1nnc2c(n1)OC(c1ccc(-c3cccc(C(F)(F)F)c3)o1)Nc1ccccc1-2. The number of rotatable bonds is 3. The summed E-state index contributed by atoms with van der Waals surface area (Å²) in [4.78, 5) is 4.43. The minimum Gasteiger partial charge on any atom is -0.455 e. The standard InChI is InChI=1S/C22H15F3N4O2S/c1-32-21-27-20-18(28-29-21)14-7-2-3-8-15(14)26-19(31-20)17-10-9-16(30-17)12-5-4-6-13(11-12)22(23,24)25/h2-11,19,26H,1H3. The zero-order chi connectivity index (χ0) is 22.3. The molecule has 1 unspecified atom stereocenters. The van der Waals surface area contributed by atoms with Crippen LogP contribution in [-0.2, 0) is 6.18 Å². The fraction of sp³-hybridized carbons (Fsp3) is 0.136. The van der Waals surface area contributed by atoms with Crippen molar-refractivity contribution in [3.63, 3.8) is 0 Å². The average molecular weight is 456 g/mol. The molecular formula is C22H15F3N4O2S. The van der Waals surface area contributed by atoms with Crippen molar-refractivity contribution in [3.05, 3.63) is 72.0 Å². The second-order valence-electron chi connectivity index (χ2n) is 6.92. The number of ether oxygens (including phenoxy) is 1. The zero-order valence-electron chi connectivity index (χ0n) is 16.6. The number of anilines is 1. The van der Waals surface area contributed by atoms with Gasteiger partial charge in [0.2, 0.25) is 17.3 Å². The first kappa shape index (κ1) is 20.4. The zero-order valence-corrected chi connectivity index (χ0v) is 17.4. The molecule has 1 aliphatic rings. The van der Waals surface area contributed by atoms with Gasteiger partial charge in [-0.25, -0.2) is 0 Å². The van der Waals surface area contributed by atoms with Crippen molar-refractivity contribution in [2.75, 3.05) is 11.6 Å². The van der Waals surface area contributed by atoms with Crippen LogP contribution in [0.5, 0.6) is 5.88 Å². The average Bonchev–Trinajstić information content (AvgIpc) is 3.23. The first-order chi connectivity index (χ1) is 15.4. The number of halogens is 3. The quantitative estimate of drug-likeness (QED) is 0.377. The van der Waals surface area contributed by atoms with E-state index in [2.05, 4.69) is 20.5 Å². The largest absolute Gasteiger partial charge is 0.455 e. The molecule has 1 aliphatic heterocycles. The number of fused-ring (bicyclic) bond motifs is 3. The Bertz CT molecular complexity index is 1290. The van der Waals surface area contributed by atoms with Crippen molar-refractivity contribution in [2.24, 2.45) is 0 Å². The third-order valence-corrected chi connectivity index (χ3v) is 5.41. The second kappa shape index (κ2) is 7.86. The molecule has 2 aromatic heterocycles. The van der Waals surface area contributed by atoms with E-state index in [-0.39, 0.29) is 5.88 Å². The fourth-order valence-corrected chi connectivity index (χ4v) is 3.66. The van der Waals surface area contributed by atoms with Crippen LogP contribution in [0.15, 0.2) is 70.2 Å². The molecule has 0 saturated carbocycles. The van der Waals surface area contributed by atoms with Gasteiger partial charge in [0.1, 0.15) is 5.76 Å². The van der Waals surface area contributed by atoms with E-state index in [1.807, 2.05) is 30.5 Å². The van der Waals surface area contributed by atoms with E-state index < -0.39 is 18.0 Å². The Morgan fingerprint density at radius 2 is 1.84 bits per heavy atom. The lowest BCUT2D eigenvalue weighted by Crippen LogP contribution is -2.16. The molecule has 162 valence electrons. The highest BCUT2D eigenvalue weighted by Gasteiger charge is 2.31. The summed E-state index contributed by atoms with van der Waals surface area (Å²) in [5.74, 6) is 0.952. The van der Waals surface area contributed by atoms with Crippen LogP contribution in [-0.4, -0.2) is 21.4 Å². The number of nitrogens with one attached hydrogen (secondary N) is 1. The van der Waals surface area contributed by atoms with Gasteiger partial charge in [0.15, 0.2) is 11.5 Å². The van der Waals surface area contributed by atoms with Gasteiger partial charge in [-0.2, -0.15) is 18.2 Å². The number of alkyl halides is 3. The summed E-state index contributed by atoms with van der Waals surface area (Å²) >= 11 is 1.33. The maximum absolute atomic E-state index is 13.1. The predicted molar refractivity (Wildman–Crippen MR) is 113 cm³/mol. The van der Waals surface area contributed by atoms with Gasteiger partial charge in [-0.05, 0) is 36.6 Å². The summed E-state index contributed by atoms with van der Waals surface area (Å²) in [6, 6.07) is 15.7. The minimum absolute atomic E-state index is 0.281. The maximum Gasteiger partial charge on any atom is 0.416 e. The van der Waals surface area contributed by atoms with Crippen molar-refractivity contribution in [3.8, 4) is 28.5 Å². The molecule has 0 bridgehead atoms. The smallest absolute Gasteiger partial charge is 0.416 e. The first-order valence-electron chi connectivity index (χ1n) is 9.51. The molecule has 2 aromatic carbocycles. The highest BCUT2D eigenvalue weighted by atomic mass is 32.2. The molecule has 4 aromatic rings. The van der Waals surface area contributed by atoms with Gasteiger partial charge in [0.25, 0.3) is 0 Å². The molecule has 0 saturated heterocycles. The number of para-hydroxylation sites is 1. The van der Waals surface area contributed by atoms with Crippen LogP contribution in [0.1, 0.15) is 17.6 Å². The van der Waals surface area contributed by atoms with E-state index in [1.54, 1.807) is 18.2 Å². The topological polar surface area (TPSA) is 73.1 Å². The van der Waals surface area contributed by atoms with Crippen LogP contribution in [0.2, 0.25) is 0 Å². The van der Waals surface area contributed by atoms with Crippen LogP contribution >= 0.6 is 11.8 Å². The van der Waals surface area contributed by atoms with Crippen molar-refractivity contribution in [2.45, 2.75) is 17.6 Å². The van der Waals surface area contributed by atoms with E-state index in [0.717, 1.165) is 23.4 Å². The maximum atomic E-state index is 13.1. The Kier molecular flexibility index (Phi) is 5.01. The fourth-order valence-electron chi connectivity index (χ4n) is 3.36. The van der Waals surface area contributed by atoms with Gasteiger partial charge in [-0.1, -0.05) is 42.1 Å². The lowest BCUT2D eigenvalue weighted by atomic mass is 10.1. The minimum atomic E-state index is -4.44. The van der Waals surface area contributed by atoms with Gasteiger partial charge >= 0.3 is 6.18 Å². The van der Waals surface area contributed by atoms with Crippen LogP contribution in [0.4, 0.5) is 18.9 Å². The molecule has 3 heterocycles. The van der Waals surface area contributed by atoms with Crippen molar-refractivity contribution >= 4 is 17.4 Å². The Labute approximate surface area is 184 Å². The van der Waals surface area contributed by atoms with E-state index in [1.165, 1.54) is 17.8 Å². The third kappa shape index (κ3) is 3.77. The summed E-state index contributed by atoms with van der Waals surface area (Å²) < 4.78 is 51.2. The normalized spacial score (nSPS) is 15.2. The lowest BCUT2D eigenvalue weighted by molar-refractivity contribution is -0.137. The van der Waals surface area contributed by atoms with Gasteiger partial charge < -0.3 is 14.5 Å². The number of aromatic nitrogens is 3. The Balaban J connectivity index is 1.53. The molecule has 32 heavy (non-hydrogen) atoms. The molecule has 0 amide bonds. The van der Waals surface area contributed by atoms with Crippen LogP contribution in [0.25, 0.3) is 22.6 Å². The second-order valence-corrected chi connectivity index (χ2v) is 7.69. The molecule has 0 fully saturated rings. The number of hydrogen-bond donors (Lipinski definition) is 1. The van der Waals surface area contributed by atoms with E-state index in [0.29, 0.717) is 27.9 Å². The lowest BCUT2D eigenvalue weighted by Gasteiger charge is -2.16. The first-order valence-corrected chi connectivity index (χ1v) is 10.7. The molecule has 1 N–H and O–H groups in total. The van der Waals surface area contributed by atoms with Crippen molar-refractivity contribution in [1.82, 2.24) is 15.2 Å². The summed E-state index contributed by atoms with van der Waals surface area (Å²) in [5, 5.41) is 12.1. The Hall–Kier alpha value is -3.53. The van der Waals surface area contributed by atoms with Crippen molar-refractivity contribution in [1.29, 1.82) is 0 Å². The number of nitrogens with zero attached hydrogens (tertiary/aromatic N) is 3. The number of furan rings is 1. The monoisotopic (exact) mass is 456 g/mol. The Morgan fingerprint density at radius 3 is 2.66 bits per heavy atom. The predicted octanol–water partition coefficient (Wildman–Crippen LogP) is 6.04.